The Morgan fingerprint density at radius 2 is 2.00 bits per heavy atom. The first kappa shape index (κ1) is 25.0. The van der Waals surface area contributed by atoms with Crippen molar-refractivity contribution in [1.29, 1.82) is 0 Å². The summed E-state index contributed by atoms with van der Waals surface area (Å²) < 4.78 is 9.47. The van der Waals surface area contributed by atoms with E-state index in [9.17, 15) is 4.79 Å². The molecular weight excluding hydrogens is 531 g/mol. The van der Waals surface area contributed by atoms with Crippen LogP contribution in [0.5, 0.6) is 0 Å². The minimum atomic E-state index is -0.0121. The van der Waals surface area contributed by atoms with Gasteiger partial charge in [-0.1, -0.05) is 30.3 Å². The normalized spacial score (nSPS) is 16.4. The van der Waals surface area contributed by atoms with Crippen molar-refractivity contribution >= 4 is 29.9 Å². The van der Waals surface area contributed by atoms with Crippen molar-refractivity contribution in [3.8, 4) is 0 Å². The molecule has 3 aromatic rings. The molecular formula is C24H31IN6O2. The fourth-order valence-electron chi connectivity index (χ4n) is 3.78. The summed E-state index contributed by atoms with van der Waals surface area (Å²) >= 11 is 0. The predicted octanol–water partition coefficient (Wildman–Crippen LogP) is 2.79. The Morgan fingerprint density at radius 3 is 2.70 bits per heavy atom. The summed E-state index contributed by atoms with van der Waals surface area (Å²) in [4.78, 5) is 19.0. The van der Waals surface area contributed by atoms with Gasteiger partial charge in [0.1, 0.15) is 6.10 Å². The van der Waals surface area contributed by atoms with E-state index in [2.05, 4.69) is 46.5 Å². The van der Waals surface area contributed by atoms with E-state index >= 15 is 0 Å². The van der Waals surface area contributed by atoms with Gasteiger partial charge in [0.15, 0.2) is 5.96 Å². The monoisotopic (exact) mass is 562 g/mol. The number of ether oxygens (including phenoxy) is 1. The number of rotatable bonds is 6. The number of morpholine rings is 1. The summed E-state index contributed by atoms with van der Waals surface area (Å²) in [5.41, 5.74) is 3.31. The van der Waals surface area contributed by atoms with Crippen molar-refractivity contribution in [3.05, 3.63) is 88.1 Å². The fourth-order valence-corrected chi connectivity index (χ4v) is 3.78. The quantitative estimate of drug-likeness (QED) is 0.284. The Hall–Kier alpha value is -2.66. The van der Waals surface area contributed by atoms with E-state index in [1.54, 1.807) is 21.4 Å². The van der Waals surface area contributed by atoms with E-state index in [4.69, 9.17) is 9.73 Å². The lowest BCUT2D eigenvalue weighted by Crippen LogP contribution is -2.48. The molecule has 8 nitrogen and oxygen atoms in total. The van der Waals surface area contributed by atoms with E-state index in [1.165, 1.54) is 0 Å². The maximum Gasteiger partial charge on any atom is 0.250 e. The number of halogens is 1. The maximum absolute atomic E-state index is 11.9. The highest BCUT2D eigenvalue weighted by Crippen LogP contribution is 2.21. The Balaban J connectivity index is 0.00000306. The summed E-state index contributed by atoms with van der Waals surface area (Å²) in [7, 11) is 1.92. The number of nitrogens with zero attached hydrogens (tertiary/aromatic N) is 5. The molecule has 1 N–H and O–H groups in total. The van der Waals surface area contributed by atoms with Gasteiger partial charge in [0.2, 0.25) is 0 Å². The van der Waals surface area contributed by atoms with Crippen LogP contribution in [0.1, 0.15) is 29.7 Å². The molecule has 9 heteroatoms. The number of hydrogen-bond acceptors (Lipinski definition) is 4. The third-order valence-corrected chi connectivity index (χ3v) is 5.48. The second-order valence-electron chi connectivity index (χ2n) is 7.91. The van der Waals surface area contributed by atoms with Crippen LogP contribution in [0.2, 0.25) is 0 Å². The van der Waals surface area contributed by atoms with Crippen LogP contribution in [-0.2, 0) is 24.9 Å². The number of guanidine groups is 1. The minimum absolute atomic E-state index is 0. The number of aromatic nitrogens is 3. The molecule has 0 bridgehead atoms. The van der Waals surface area contributed by atoms with Crippen LogP contribution in [0.15, 0.2) is 70.8 Å². The molecule has 33 heavy (non-hydrogen) atoms. The van der Waals surface area contributed by atoms with E-state index in [0.717, 1.165) is 42.3 Å². The smallest absolute Gasteiger partial charge is 0.250 e. The van der Waals surface area contributed by atoms with Gasteiger partial charge in [-0.15, -0.1) is 24.0 Å². The lowest BCUT2D eigenvalue weighted by atomic mass is 10.1. The molecule has 0 aliphatic carbocycles. The molecule has 3 heterocycles. The molecule has 1 unspecified atom stereocenters. The number of nitrogens with one attached hydrogen (secondary N) is 1. The first-order chi connectivity index (χ1) is 15.6. The Labute approximate surface area is 211 Å². The minimum Gasteiger partial charge on any atom is -0.370 e. The van der Waals surface area contributed by atoms with Gasteiger partial charge in [0, 0.05) is 44.2 Å². The lowest BCUT2D eigenvalue weighted by Gasteiger charge is -2.34. The molecule has 176 valence electrons. The summed E-state index contributed by atoms with van der Waals surface area (Å²) in [6.45, 7) is 6.22. The van der Waals surface area contributed by atoms with Crippen LogP contribution in [-0.4, -0.2) is 51.4 Å². The molecule has 2 aromatic heterocycles. The third-order valence-electron chi connectivity index (χ3n) is 5.48. The highest BCUT2D eigenvalue weighted by Gasteiger charge is 2.25. The van der Waals surface area contributed by atoms with E-state index < -0.39 is 0 Å². The lowest BCUT2D eigenvalue weighted by molar-refractivity contribution is -0.00805. The van der Waals surface area contributed by atoms with Crippen molar-refractivity contribution in [2.75, 3.05) is 26.2 Å². The zero-order valence-electron chi connectivity index (χ0n) is 19.1. The standard InChI is InChI=1S/C24H30N6O2.HI/c1-3-25-24(30-12-13-32-22(18-30)21-15-27-28(2)17-21)26-14-19-7-9-20(10-8-19)16-29-11-5-4-6-23(29)31;/h4-11,15,17,22H,3,12-14,16,18H2,1-2H3,(H,25,26);1H. The van der Waals surface area contributed by atoms with E-state index in [1.807, 2.05) is 31.7 Å². The molecule has 1 aromatic carbocycles. The molecule has 0 radical (unpaired) electrons. The van der Waals surface area contributed by atoms with Gasteiger partial charge in [-0.05, 0) is 24.1 Å². The second kappa shape index (κ2) is 12.0. The van der Waals surface area contributed by atoms with Crippen LogP contribution < -0.4 is 10.9 Å². The second-order valence-corrected chi connectivity index (χ2v) is 7.91. The molecule has 0 saturated carbocycles. The van der Waals surface area contributed by atoms with Crippen molar-refractivity contribution in [1.82, 2.24) is 24.6 Å². The summed E-state index contributed by atoms with van der Waals surface area (Å²) in [5.74, 6) is 0.893. The number of pyridine rings is 1. The molecule has 1 aliphatic heterocycles. The number of aliphatic imine (C=N–C) groups is 1. The van der Waals surface area contributed by atoms with Gasteiger partial charge in [0.25, 0.3) is 5.56 Å². The van der Waals surface area contributed by atoms with Crippen molar-refractivity contribution < 1.29 is 4.74 Å². The highest BCUT2D eigenvalue weighted by molar-refractivity contribution is 14.0. The third kappa shape index (κ3) is 6.67. The van der Waals surface area contributed by atoms with Gasteiger partial charge >= 0.3 is 0 Å². The van der Waals surface area contributed by atoms with Crippen LogP contribution in [0, 0.1) is 0 Å². The zero-order valence-corrected chi connectivity index (χ0v) is 21.4. The van der Waals surface area contributed by atoms with Crippen LogP contribution in [0.3, 0.4) is 0 Å². The summed E-state index contributed by atoms with van der Waals surface area (Å²) in [5, 5.41) is 7.68. The summed E-state index contributed by atoms with van der Waals surface area (Å²) in [6.07, 6.45) is 5.67. The Bertz CT molecular complexity index is 1110. The number of aryl methyl sites for hydroxylation is 1. The van der Waals surface area contributed by atoms with Gasteiger partial charge < -0.3 is 19.5 Å². The first-order valence-corrected chi connectivity index (χ1v) is 11.0. The highest BCUT2D eigenvalue weighted by atomic mass is 127. The van der Waals surface area contributed by atoms with E-state index in [0.29, 0.717) is 19.7 Å². The van der Waals surface area contributed by atoms with E-state index in [-0.39, 0.29) is 35.6 Å². The van der Waals surface area contributed by atoms with Gasteiger partial charge in [-0.3, -0.25) is 9.48 Å². The fraction of sp³-hybridized carbons (Fsp3) is 0.375. The van der Waals surface area contributed by atoms with Crippen molar-refractivity contribution in [3.63, 3.8) is 0 Å². The van der Waals surface area contributed by atoms with Crippen molar-refractivity contribution in [2.45, 2.75) is 26.1 Å². The van der Waals surface area contributed by atoms with Crippen LogP contribution in [0.4, 0.5) is 0 Å². The molecule has 1 saturated heterocycles. The molecule has 1 aliphatic rings. The Kier molecular flexibility index (Phi) is 9.07. The molecule has 0 amide bonds. The topological polar surface area (TPSA) is 76.7 Å². The molecule has 0 spiro atoms. The molecule has 1 fully saturated rings. The van der Waals surface area contributed by atoms with Gasteiger partial charge in [-0.2, -0.15) is 5.10 Å². The van der Waals surface area contributed by atoms with Gasteiger partial charge in [0.05, 0.1) is 32.4 Å². The first-order valence-electron chi connectivity index (χ1n) is 11.0. The zero-order chi connectivity index (χ0) is 22.3. The van der Waals surface area contributed by atoms with Gasteiger partial charge in [-0.25, -0.2) is 4.99 Å². The maximum atomic E-state index is 11.9. The van der Waals surface area contributed by atoms with Crippen LogP contribution >= 0.6 is 24.0 Å². The summed E-state index contributed by atoms with van der Waals surface area (Å²) in [6, 6.07) is 13.5. The number of hydrogen-bond donors (Lipinski definition) is 1. The average molecular weight is 562 g/mol. The average Bonchev–Trinajstić information content (AvgIpc) is 3.25. The SMILES string of the molecule is CCNC(=NCc1ccc(Cn2ccccc2=O)cc1)N1CCOC(c2cnn(C)c2)C1.I. The largest absolute Gasteiger partial charge is 0.370 e. The predicted molar refractivity (Wildman–Crippen MR) is 140 cm³/mol. The number of benzene rings is 1. The molecule has 1 atom stereocenters. The molecule has 4 rings (SSSR count). The van der Waals surface area contributed by atoms with Crippen LogP contribution in [0.25, 0.3) is 0 Å². The van der Waals surface area contributed by atoms with Crippen molar-refractivity contribution in [2.24, 2.45) is 12.0 Å². The Morgan fingerprint density at radius 1 is 1.21 bits per heavy atom.